The zero-order chi connectivity index (χ0) is 7.40. The van der Waals surface area contributed by atoms with Gasteiger partial charge in [0.1, 0.15) is 0 Å². The van der Waals surface area contributed by atoms with Crippen LogP contribution in [-0.2, 0) is 0 Å². The fourth-order valence-electron chi connectivity index (χ4n) is 1.45. The Morgan fingerprint density at radius 1 is 0.900 bits per heavy atom. The minimum Gasteiger partial charge on any atom is -0.248 e. The van der Waals surface area contributed by atoms with Gasteiger partial charge in [0, 0.05) is 27.2 Å². The van der Waals surface area contributed by atoms with E-state index in [1.54, 1.807) is 0 Å². The summed E-state index contributed by atoms with van der Waals surface area (Å²) in [4.78, 5) is 0. The second-order valence-corrected chi connectivity index (χ2v) is 3.22. The molecular weight excluding hydrogens is 124 g/mol. The average Bonchev–Trinajstić information content (AvgIpc) is 2.12. The molecule has 10 heavy (non-hydrogen) atoms. The molecule has 0 aromatic heterocycles. The molecule has 0 aromatic carbocycles. The summed E-state index contributed by atoms with van der Waals surface area (Å²) in [7, 11) is 4.26. The Balaban J connectivity index is 2.28. The average molecular weight is 142 g/mol. The molecule has 1 saturated heterocycles. The Kier molecular flexibility index (Phi) is 3.16. The van der Waals surface area contributed by atoms with Crippen molar-refractivity contribution in [1.29, 1.82) is 0 Å². The first-order chi connectivity index (χ1) is 4.80. The third-order valence-electron chi connectivity index (χ3n) is 2.15. The number of hydrogen-bond donors (Lipinski definition) is 0. The molecule has 1 aliphatic heterocycles. The van der Waals surface area contributed by atoms with Gasteiger partial charge in [-0.2, -0.15) is 0 Å². The maximum atomic E-state index is 2.42. The van der Waals surface area contributed by atoms with Gasteiger partial charge in [0.05, 0.1) is 0 Å². The van der Waals surface area contributed by atoms with Gasteiger partial charge in [-0.3, -0.25) is 0 Å². The summed E-state index contributed by atoms with van der Waals surface area (Å²) < 4.78 is 0. The lowest BCUT2D eigenvalue weighted by molar-refractivity contribution is 0.0293. The van der Waals surface area contributed by atoms with Crippen LogP contribution in [0.4, 0.5) is 0 Å². The van der Waals surface area contributed by atoms with E-state index in [2.05, 4.69) is 24.1 Å². The Morgan fingerprint density at radius 2 is 1.40 bits per heavy atom. The van der Waals surface area contributed by atoms with Gasteiger partial charge in [-0.25, -0.2) is 10.0 Å². The van der Waals surface area contributed by atoms with Crippen molar-refractivity contribution in [3.63, 3.8) is 0 Å². The Morgan fingerprint density at radius 3 is 1.80 bits per heavy atom. The lowest BCUT2D eigenvalue weighted by Crippen LogP contribution is -2.37. The molecule has 2 nitrogen and oxygen atoms in total. The summed E-state index contributed by atoms with van der Waals surface area (Å²) in [5.41, 5.74) is 0. The maximum Gasteiger partial charge on any atom is 0.0133 e. The molecule has 60 valence electrons. The number of nitrogens with zero attached hydrogens (tertiary/aromatic N) is 2. The van der Waals surface area contributed by atoms with Crippen molar-refractivity contribution < 1.29 is 0 Å². The molecule has 1 fully saturated rings. The highest BCUT2D eigenvalue weighted by molar-refractivity contribution is 4.58. The highest BCUT2D eigenvalue weighted by Crippen LogP contribution is 2.09. The molecule has 0 spiro atoms. The van der Waals surface area contributed by atoms with Crippen LogP contribution in [0.15, 0.2) is 0 Å². The van der Waals surface area contributed by atoms with Gasteiger partial charge < -0.3 is 0 Å². The fraction of sp³-hybridized carbons (Fsp3) is 1.00. The quantitative estimate of drug-likeness (QED) is 0.545. The summed E-state index contributed by atoms with van der Waals surface area (Å²) in [6.45, 7) is 2.51. The maximum absolute atomic E-state index is 2.42. The van der Waals surface area contributed by atoms with Gasteiger partial charge in [-0.05, 0) is 12.8 Å². The highest BCUT2D eigenvalue weighted by atomic mass is 15.6. The van der Waals surface area contributed by atoms with Crippen molar-refractivity contribution in [2.24, 2.45) is 0 Å². The summed E-state index contributed by atoms with van der Waals surface area (Å²) in [5.74, 6) is 0. The number of rotatable bonds is 1. The topological polar surface area (TPSA) is 6.48 Å². The van der Waals surface area contributed by atoms with Crippen molar-refractivity contribution in [1.82, 2.24) is 10.0 Å². The van der Waals surface area contributed by atoms with Crippen LogP contribution in [0.3, 0.4) is 0 Å². The molecule has 0 radical (unpaired) electrons. The normalized spacial score (nSPS) is 23.1. The Bertz CT molecular complexity index is 83.3. The zero-order valence-electron chi connectivity index (χ0n) is 7.14. The predicted molar refractivity (Wildman–Crippen MR) is 43.7 cm³/mol. The van der Waals surface area contributed by atoms with Crippen molar-refractivity contribution in [2.45, 2.75) is 25.7 Å². The first kappa shape index (κ1) is 8.02. The van der Waals surface area contributed by atoms with Crippen LogP contribution in [0.25, 0.3) is 0 Å². The van der Waals surface area contributed by atoms with E-state index in [1.165, 1.54) is 38.8 Å². The molecule has 0 bridgehead atoms. The standard InChI is InChI=1S/C8H18N2/c1-9(2)10-7-5-3-4-6-8-10/h3-8H2,1-2H3. The molecule has 0 aliphatic carbocycles. The Hall–Kier alpha value is -0.0800. The molecular formula is C8H18N2. The molecule has 1 rings (SSSR count). The Labute approximate surface area is 63.8 Å². The molecule has 0 N–H and O–H groups in total. The first-order valence-corrected chi connectivity index (χ1v) is 4.23. The number of hydrazine groups is 1. The third-order valence-corrected chi connectivity index (χ3v) is 2.15. The van der Waals surface area contributed by atoms with E-state index < -0.39 is 0 Å². The lowest BCUT2D eigenvalue weighted by atomic mass is 10.2. The smallest absolute Gasteiger partial charge is 0.0133 e. The van der Waals surface area contributed by atoms with Crippen molar-refractivity contribution in [3.05, 3.63) is 0 Å². The second kappa shape index (κ2) is 3.94. The van der Waals surface area contributed by atoms with E-state index in [4.69, 9.17) is 0 Å². The van der Waals surface area contributed by atoms with Crippen molar-refractivity contribution in [3.8, 4) is 0 Å². The lowest BCUT2D eigenvalue weighted by Gasteiger charge is -2.26. The van der Waals surface area contributed by atoms with Crippen LogP contribution in [0.1, 0.15) is 25.7 Å². The van der Waals surface area contributed by atoms with E-state index >= 15 is 0 Å². The van der Waals surface area contributed by atoms with E-state index in [0.717, 1.165) is 0 Å². The molecule has 2 heteroatoms. The first-order valence-electron chi connectivity index (χ1n) is 4.23. The van der Waals surface area contributed by atoms with Crippen LogP contribution in [-0.4, -0.2) is 37.2 Å². The van der Waals surface area contributed by atoms with Gasteiger partial charge in [0.2, 0.25) is 0 Å². The summed E-state index contributed by atoms with van der Waals surface area (Å²) >= 11 is 0. The summed E-state index contributed by atoms with van der Waals surface area (Å²) in [6.07, 6.45) is 5.59. The highest BCUT2D eigenvalue weighted by Gasteiger charge is 2.09. The summed E-state index contributed by atoms with van der Waals surface area (Å²) in [5, 5.41) is 4.64. The van der Waals surface area contributed by atoms with Gasteiger partial charge in [0.25, 0.3) is 0 Å². The predicted octanol–water partition coefficient (Wildman–Crippen LogP) is 1.34. The van der Waals surface area contributed by atoms with Crippen LogP contribution in [0, 0.1) is 0 Å². The van der Waals surface area contributed by atoms with E-state index in [9.17, 15) is 0 Å². The van der Waals surface area contributed by atoms with E-state index in [0.29, 0.717) is 0 Å². The molecule has 0 unspecified atom stereocenters. The van der Waals surface area contributed by atoms with E-state index in [-0.39, 0.29) is 0 Å². The van der Waals surface area contributed by atoms with E-state index in [1.807, 2.05) is 0 Å². The monoisotopic (exact) mass is 142 g/mol. The molecule has 1 heterocycles. The van der Waals surface area contributed by atoms with Crippen LogP contribution >= 0.6 is 0 Å². The van der Waals surface area contributed by atoms with Crippen LogP contribution in [0.2, 0.25) is 0 Å². The largest absolute Gasteiger partial charge is 0.248 e. The molecule has 0 aromatic rings. The van der Waals surface area contributed by atoms with Gasteiger partial charge in [-0.15, -0.1) is 0 Å². The minimum absolute atomic E-state index is 1.26. The van der Waals surface area contributed by atoms with Gasteiger partial charge in [-0.1, -0.05) is 12.8 Å². The fourth-order valence-corrected chi connectivity index (χ4v) is 1.45. The van der Waals surface area contributed by atoms with Gasteiger partial charge in [0.15, 0.2) is 0 Å². The SMILES string of the molecule is CN(C)N1CCCCCC1. The molecule has 0 saturated carbocycles. The second-order valence-electron chi connectivity index (χ2n) is 3.22. The minimum atomic E-state index is 1.26. The number of hydrogen-bond acceptors (Lipinski definition) is 2. The van der Waals surface area contributed by atoms with Crippen LogP contribution in [0.5, 0.6) is 0 Å². The molecule has 0 atom stereocenters. The van der Waals surface area contributed by atoms with Crippen LogP contribution < -0.4 is 0 Å². The zero-order valence-corrected chi connectivity index (χ0v) is 7.14. The molecule has 0 amide bonds. The van der Waals surface area contributed by atoms with Crippen molar-refractivity contribution >= 4 is 0 Å². The van der Waals surface area contributed by atoms with Crippen molar-refractivity contribution in [2.75, 3.05) is 27.2 Å². The summed E-state index contributed by atoms with van der Waals surface area (Å²) in [6, 6.07) is 0. The van der Waals surface area contributed by atoms with Gasteiger partial charge >= 0.3 is 0 Å². The third kappa shape index (κ3) is 2.27. The molecule has 1 aliphatic rings.